The quantitative estimate of drug-likeness (QED) is 0.718. The lowest BCUT2D eigenvalue weighted by Crippen LogP contribution is -2.29. The predicted octanol–water partition coefficient (Wildman–Crippen LogP) is 1.52. The lowest BCUT2D eigenvalue weighted by atomic mass is 10.3. The van der Waals surface area contributed by atoms with Crippen LogP contribution in [0.3, 0.4) is 0 Å². The summed E-state index contributed by atoms with van der Waals surface area (Å²) in [7, 11) is -0.463. The predicted molar refractivity (Wildman–Crippen MR) is 91.1 cm³/mol. The lowest BCUT2D eigenvalue weighted by Gasteiger charge is -2.14. The zero-order chi connectivity index (χ0) is 18.6. The highest BCUT2D eigenvalue weighted by molar-refractivity contribution is 7.89. The first-order chi connectivity index (χ1) is 11.7. The van der Waals surface area contributed by atoms with Crippen LogP contribution < -0.4 is 14.9 Å². The van der Waals surface area contributed by atoms with Crippen molar-refractivity contribution in [1.82, 2.24) is 14.7 Å². The number of hydrogen-bond acceptors (Lipinski definition) is 6. The van der Waals surface area contributed by atoms with Gasteiger partial charge in [-0.25, -0.2) is 31.9 Å². The molecule has 0 saturated heterocycles. The molecule has 0 aliphatic heterocycles. The van der Waals surface area contributed by atoms with Gasteiger partial charge in [-0.05, 0) is 25.1 Å². The summed E-state index contributed by atoms with van der Waals surface area (Å²) < 4.78 is 53.0. The molecule has 0 fully saturated rings. The van der Waals surface area contributed by atoms with E-state index in [9.17, 15) is 17.2 Å². The van der Waals surface area contributed by atoms with Crippen LogP contribution in [0.15, 0.2) is 29.2 Å². The van der Waals surface area contributed by atoms with Gasteiger partial charge in [-0.2, -0.15) is 0 Å². The fourth-order valence-corrected chi connectivity index (χ4v) is 3.13. The monoisotopic (exact) mass is 371 g/mol. The molecule has 0 bridgehead atoms. The summed E-state index contributed by atoms with van der Waals surface area (Å²) in [5.41, 5.74) is 0. The van der Waals surface area contributed by atoms with E-state index in [0.29, 0.717) is 23.5 Å². The fraction of sp³-hybridized carbons (Fsp3) is 0.333. The molecule has 0 radical (unpaired) electrons. The van der Waals surface area contributed by atoms with Crippen molar-refractivity contribution in [1.29, 1.82) is 0 Å². The highest BCUT2D eigenvalue weighted by Crippen LogP contribution is 2.16. The van der Waals surface area contributed by atoms with Crippen LogP contribution in [-0.2, 0) is 10.0 Å². The number of nitrogens with one attached hydrogen (secondary N) is 2. The molecule has 25 heavy (non-hydrogen) atoms. The smallest absolute Gasteiger partial charge is 0.243 e. The summed E-state index contributed by atoms with van der Waals surface area (Å²) >= 11 is 0. The normalized spacial score (nSPS) is 11.4. The minimum Gasteiger partial charge on any atom is -0.369 e. The van der Waals surface area contributed by atoms with E-state index < -0.39 is 26.6 Å². The topological polar surface area (TPSA) is 87.2 Å². The number of anilines is 2. The first-order valence-corrected chi connectivity index (χ1v) is 8.89. The highest BCUT2D eigenvalue weighted by Gasteiger charge is 2.19. The number of hydrogen-bond donors (Lipinski definition) is 2. The van der Waals surface area contributed by atoms with Crippen LogP contribution in [-0.4, -0.2) is 45.6 Å². The number of aryl methyl sites for hydroxylation is 1. The first-order valence-electron chi connectivity index (χ1n) is 7.40. The van der Waals surface area contributed by atoms with E-state index in [1.807, 2.05) is 19.0 Å². The molecular formula is C15H19F2N5O2S. The van der Waals surface area contributed by atoms with Gasteiger partial charge in [-0.3, -0.25) is 0 Å². The summed E-state index contributed by atoms with van der Waals surface area (Å²) in [5.74, 6) is -0.0302. The summed E-state index contributed by atoms with van der Waals surface area (Å²) in [6.45, 7) is 1.92. The summed E-state index contributed by atoms with van der Waals surface area (Å²) in [6.07, 6.45) is 0. The summed E-state index contributed by atoms with van der Waals surface area (Å²) in [5, 5.41) is 2.96. The third-order valence-corrected chi connectivity index (χ3v) is 4.66. The zero-order valence-electron chi connectivity index (χ0n) is 14.0. The summed E-state index contributed by atoms with van der Waals surface area (Å²) in [6, 6.07) is 3.99. The Hall–Kier alpha value is -2.33. The second-order valence-electron chi connectivity index (χ2n) is 5.45. The molecule has 0 aliphatic carbocycles. The van der Waals surface area contributed by atoms with Crippen LogP contribution >= 0.6 is 0 Å². The molecule has 1 aromatic heterocycles. The van der Waals surface area contributed by atoms with E-state index in [-0.39, 0.29) is 13.1 Å². The Balaban J connectivity index is 1.98. The van der Waals surface area contributed by atoms with Crippen LogP contribution in [0.25, 0.3) is 0 Å². The average molecular weight is 371 g/mol. The van der Waals surface area contributed by atoms with Crippen LogP contribution in [0, 0.1) is 18.6 Å². The fourth-order valence-electron chi connectivity index (χ4n) is 2.01. The van der Waals surface area contributed by atoms with Crippen molar-refractivity contribution in [3.63, 3.8) is 0 Å². The molecule has 0 atom stereocenters. The molecule has 2 rings (SSSR count). The Bertz CT molecular complexity index is 859. The maximum atomic E-state index is 13.6. The number of nitrogens with zero attached hydrogens (tertiary/aromatic N) is 3. The number of aromatic nitrogens is 2. The Morgan fingerprint density at radius 3 is 2.52 bits per heavy atom. The Kier molecular flexibility index (Phi) is 5.85. The minimum atomic E-state index is -4.14. The van der Waals surface area contributed by atoms with E-state index >= 15 is 0 Å². The lowest BCUT2D eigenvalue weighted by molar-refractivity contribution is 0.546. The number of halogens is 2. The Morgan fingerprint density at radius 2 is 1.84 bits per heavy atom. The van der Waals surface area contributed by atoms with Gasteiger partial charge in [0.1, 0.15) is 34.0 Å². The van der Waals surface area contributed by atoms with Crippen molar-refractivity contribution >= 4 is 21.7 Å². The van der Waals surface area contributed by atoms with Gasteiger partial charge in [0, 0.05) is 33.3 Å². The molecule has 10 heteroatoms. The summed E-state index contributed by atoms with van der Waals surface area (Å²) in [4.78, 5) is 9.54. The van der Waals surface area contributed by atoms with E-state index in [0.717, 1.165) is 12.1 Å². The molecule has 136 valence electrons. The van der Waals surface area contributed by atoms with Gasteiger partial charge in [0.2, 0.25) is 10.0 Å². The van der Waals surface area contributed by atoms with Crippen LogP contribution in [0.4, 0.5) is 20.4 Å². The highest BCUT2D eigenvalue weighted by atomic mass is 32.2. The molecule has 2 aromatic rings. The maximum absolute atomic E-state index is 13.6. The van der Waals surface area contributed by atoms with Gasteiger partial charge in [0.05, 0.1) is 0 Å². The average Bonchev–Trinajstić information content (AvgIpc) is 2.53. The van der Waals surface area contributed by atoms with Crippen molar-refractivity contribution < 1.29 is 17.2 Å². The van der Waals surface area contributed by atoms with Crippen molar-refractivity contribution in [3.05, 3.63) is 41.7 Å². The second-order valence-corrected chi connectivity index (χ2v) is 7.19. The molecule has 1 heterocycles. The van der Waals surface area contributed by atoms with Crippen molar-refractivity contribution in [2.45, 2.75) is 11.8 Å². The van der Waals surface area contributed by atoms with Gasteiger partial charge in [-0.1, -0.05) is 0 Å². The molecule has 1 aromatic carbocycles. The molecule has 0 aliphatic rings. The van der Waals surface area contributed by atoms with Gasteiger partial charge in [-0.15, -0.1) is 0 Å². The second kappa shape index (κ2) is 7.70. The van der Waals surface area contributed by atoms with Crippen LogP contribution in [0.2, 0.25) is 0 Å². The maximum Gasteiger partial charge on any atom is 0.243 e. The number of sulfonamides is 1. The van der Waals surface area contributed by atoms with Crippen molar-refractivity contribution in [2.75, 3.05) is 37.4 Å². The van der Waals surface area contributed by atoms with Crippen LogP contribution in [0.5, 0.6) is 0 Å². The third kappa shape index (κ3) is 5.07. The van der Waals surface area contributed by atoms with E-state index in [2.05, 4.69) is 20.0 Å². The molecule has 0 unspecified atom stereocenters. The van der Waals surface area contributed by atoms with E-state index in [4.69, 9.17) is 0 Å². The van der Waals surface area contributed by atoms with Crippen LogP contribution in [0.1, 0.15) is 5.82 Å². The molecule has 0 saturated carbocycles. The van der Waals surface area contributed by atoms with E-state index in [1.54, 1.807) is 13.0 Å². The minimum absolute atomic E-state index is 0.0291. The Labute approximate surface area is 145 Å². The first kappa shape index (κ1) is 19.0. The van der Waals surface area contributed by atoms with Gasteiger partial charge in [0.15, 0.2) is 0 Å². The number of benzene rings is 1. The van der Waals surface area contributed by atoms with E-state index in [1.165, 1.54) is 0 Å². The molecule has 2 N–H and O–H groups in total. The SMILES string of the molecule is Cc1nc(NCCNS(=O)(=O)c2cc(F)ccc2F)cc(N(C)C)n1. The standard InChI is InChI=1S/C15H19F2N5O2S/c1-10-20-14(9-15(21-10)22(2)3)18-6-7-19-25(23,24)13-8-11(16)4-5-12(13)17/h4-5,8-9,19H,6-7H2,1-3H3,(H,18,20,21). The van der Waals surface area contributed by atoms with Gasteiger partial charge < -0.3 is 10.2 Å². The number of rotatable bonds is 7. The Morgan fingerprint density at radius 1 is 1.12 bits per heavy atom. The molecule has 7 nitrogen and oxygen atoms in total. The zero-order valence-corrected chi connectivity index (χ0v) is 14.9. The van der Waals surface area contributed by atoms with Crippen molar-refractivity contribution in [3.8, 4) is 0 Å². The molecule has 0 spiro atoms. The molecular weight excluding hydrogens is 352 g/mol. The largest absolute Gasteiger partial charge is 0.369 e. The molecule has 0 amide bonds. The van der Waals surface area contributed by atoms with Gasteiger partial charge in [0.25, 0.3) is 0 Å². The van der Waals surface area contributed by atoms with Gasteiger partial charge >= 0.3 is 0 Å². The van der Waals surface area contributed by atoms with Crippen molar-refractivity contribution in [2.24, 2.45) is 0 Å². The third-order valence-electron chi connectivity index (χ3n) is 3.19.